The molecule has 0 aliphatic rings. The molecule has 0 saturated heterocycles. The highest BCUT2D eigenvalue weighted by Crippen LogP contribution is 2.25. The number of para-hydroxylation sites is 1. The van der Waals surface area contributed by atoms with Crippen LogP contribution in [-0.4, -0.2) is 46.4 Å². The number of hydrogen-bond donors (Lipinski definition) is 1. The Kier molecular flexibility index (Phi) is 7.04. The number of amides is 1. The molecule has 2 aromatic carbocycles. The van der Waals surface area contributed by atoms with E-state index in [0.717, 1.165) is 9.87 Å². The topological polar surface area (TPSA) is 84.9 Å². The minimum absolute atomic E-state index is 0.177. The first-order valence-corrected chi connectivity index (χ1v) is 10.2. The molecule has 1 N–H and O–H groups in total. The summed E-state index contributed by atoms with van der Waals surface area (Å²) in [6.45, 7) is 3.42. The number of carbonyl (C=O) groups is 1. The number of aryl methyl sites for hydroxylation is 1. The number of nitrogens with one attached hydrogen (secondary N) is 1. The van der Waals surface area contributed by atoms with Crippen molar-refractivity contribution in [2.24, 2.45) is 0 Å². The number of methoxy groups -OCH3 is 1. The van der Waals surface area contributed by atoms with Crippen LogP contribution in [0.3, 0.4) is 0 Å². The van der Waals surface area contributed by atoms with Gasteiger partial charge in [-0.1, -0.05) is 18.2 Å². The molecule has 1 amide bonds. The Labute approximate surface area is 166 Å². The number of rotatable bonds is 8. The van der Waals surface area contributed by atoms with Crippen LogP contribution in [0, 0.1) is 6.92 Å². The maximum absolute atomic E-state index is 12.2. The second-order valence-electron chi connectivity index (χ2n) is 6.53. The monoisotopic (exact) mass is 406 g/mol. The van der Waals surface area contributed by atoms with Gasteiger partial charge in [0.15, 0.2) is 6.61 Å². The molecule has 2 aromatic rings. The van der Waals surface area contributed by atoms with Gasteiger partial charge >= 0.3 is 0 Å². The Bertz CT molecular complexity index is 941. The SMILES string of the molecule is COc1ccccc1[C@H](C)NC(=O)COc1ccc(S(=O)(=O)N(C)C)cc1C. The summed E-state index contributed by atoms with van der Waals surface area (Å²) >= 11 is 0. The van der Waals surface area contributed by atoms with Gasteiger partial charge in [-0.15, -0.1) is 0 Å². The minimum Gasteiger partial charge on any atom is -0.496 e. The summed E-state index contributed by atoms with van der Waals surface area (Å²) < 4.78 is 36.4. The highest BCUT2D eigenvalue weighted by molar-refractivity contribution is 7.89. The fourth-order valence-corrected chi connectivity index (χ4v) is 3.67. The zero-order valence-corrected chi connectivity index (χ0v) is 17.5. The Hall–Kier alpha value is -2.58. The van der Waals surface area contributed by atoms with E-state index in [0.29, 0.717) is 17.1 Å². The van der Waals surface area contributed by atoms with E-state index in [1.165, 1.54) is 26.2 Å². The van der Waals surface area contributed by atoms with Gasteiger partial charge in [0.25, 0.3) is 5.91 Å². The third-order valence-electron chi connectivity index (χ3n) is 4.27. The second-order valence-corrected chi connectivity index (χ2v) is 8.69. The van der Waals surface area contributed by atoms with Gasteiger partial charge in [-0.05, 0) is 43.7 Å². The Morgan fingerprint density at radius 2 is 1.82 bits per heavy atom. The van der Waals surface area contributed by atoms with Crippen LogP contribution in [0.25, 0.3) is 0 Å². The van der Waals surface area contributed by atoms with E-state index < -0.39 is 10.0 Å². The minimum atomic E-state index is -3.51. The lowest BCUT2D eigenvalue weighted by Gasteiger charge is -2.18. The van der Waals surface area contributed by atoms with Crippen LogP contribution in [0.2, 0.25) is 0 Å². The lowest BCUT2D eigenvalue weighted by molar-refractivity contribution is -0.123. The summed E-state index contributed by atoms with van der Waals surface area (Å²) in [7, 11) is 1.02. The maximum Gasteiger partial charge on any atom is 0.258 e. The molecule has 0 radical (unpaired) electrons. The van der Waals surface area contributed by atoms with Gasteiger partial charge in [-0.2, -0.15) is 0 Å². The summed E-state index contributed by atoms with van der Waals surface area (Å²) in [5.41, 5.74) is 1.50. The molecule has 0 bridgehead atoms. The van der Waals surface area contributed by atoms with Crippen molar-refractivity contribution in [3.63, 3.8) is 0 Å². The Balaban J connectivity index is 2.01. The first-order chi connectivity index (χ1) is 13.2. The molecule has 8 heteroatoms. The van der Waals surface area contributed by atoms with Crippen molar-refractivity contribution in [3.8, 4) is 11.5 Å². The molecule has 0 unspecified atom stereocenters. The summed E-state index contributed by atoms with van der Waals surface area (Å²) in [4.78, 5) is 12.4. The van der Waals surface area contributed by atoms with Crippen LogP contribution in [0.5, 0.6) is 11.5 Å². The van der Waals surface area contributed by atoms with Gasteiger partial charge in [0, 0.05) is 19.7 Å². The molecule has 1 atom stereocenters. The molecule has 0 fully saturated rings. The first kappa shape index (κ1) is 21.7. The molecule has 152 valence electrons. The van der Waals surface area contributed by atoms with E-state index in [1.54, 1.807) is 20.1 Å². The van der Waals surface area contributed by atoms with Crippen LogP contribution in [0.1, 0.15) is 24.1 Å². The van der Waals surface area contributed by atoms with Crippen molar-refractivity contribution in [1.29, 1.82) is 0 Å². The third-order valence-corrected chi connectivity index (χ3v) is 6.08. The normalized spacial score (nSPS) is 12.5. The smallest absolute Gasteiger partial charge is 0.258 e. The number of hydrogen-bond acceptors (Lipinski definition) is 5. The average molecular weight is 407 g/mol. The van der Waals surface area contributed by atoms with Gasteiger partial charge < -0.3 is 14.8 Å². The van der Waals surface area contributed by atoms with E-state index in [-0.39, 0.29) is 23.5 Å². The Morgan fingerprint density at radius 3 is 2.43 bits per heavy atom. The van der Waals surface area contributed by atoms with E-state index in [1.807, 2.05) is 31.2 Å². The molecular weight excluding hydrogens is 380 g/mol. The summed E-state index contributed by atoms with van der Waals surface area (Å²) in [5.74, 6) is 0.866. The van der Waals surface area contributed by atoms with E-state index in [2.05, 4.69) is 5.32 Å². The molecule has 0 saturated carbocycles. The summed E-state index contributed by atoms with van der Waals surface area (Å²) in [5, 5.41) is 2.86. The molecule has 0 heterocycles. The van der Waals surface area contributed by atoms with Crippen LogP contribution in [0.4, 0.5) is 0 Å². The highest BCUT2D eigenvalue weighted by atomic mass is 32.2. The summed E-state index contributed by atoms with van der Waals surface area (Å²) in [6, 6.07) is 11.8. The number of nitrogens with zero attached hydrogens (tertiary/aromatic N) is 1. The van der Waals surface area contributed by atoms with Crippen molar-refractivity contribution in [3.05, 3.63) is 53.6 Å². The zero-order valence-electron chi connectivity index (χ0n) is 16.7. The molecule has 2 rings (SSSR count). The Morgan fingerprint density at radius 1 is 1.14 bits per heavy atom. The van der Waals surface area contributed by atoms with Gasteiger partial charge in [0.05, 0.1) is 18.0 Å². The molecular formula is C20H26N2O5S. The summed E-state index contributed by atoms with van der Waals surface area (Å²) in [6.07, 6.45) is 0. The number of sulfonamides is 1. The molecule has 0 aromatic heterocycles. The lowest BCUT2D eigenvalue weighted by atomic mass is 10.1. The van der Waals surface area contributed by atoms with Crippen LogP contribution >= 0.6 is 0 Å². The van der Waals surface area contributed by atoms with Crippen molar-refractivity contribution >= 4 is 15.9 Å². The molecule has 0 aliphatic heterocycles. The molecule has 0 spiro atoms. The first-order valence-electron chi connectivity index (χ1n) is 8.75. The van der Waals surface area contributed by atoms with Gasteiger partial charge in [-0.25, -0.2) is 12.7 Å². The number of ether oxygens (including phenoxy) is 2. The second kappa shape index (κ2) is 9.07. The van der Waals surface area contributed by atoms with E-state index >= 15 is 0 Å². The molecule has 0 aliphatic carbocycles. The highest BCUT2D eigenvalue weighted by Gasteiger charge is 2.19. The number of carbonyl (C=O) groups excluding carboxylic acids is 1. The van der Waals surface area contributed by atoms with E-state index in [4.69, 9.17) is 9.47 Å². The van der Waals surface area contributed by atoms with Gasteiger partial charge in [0.2, 0.25) is 10.0 Å². The fourth-order valence-electron chi connectivity index (χ4n) is 2.68. The van der Waals surface area contributed by atoms with Crippen LogP contribution < -0.4 is 14.8 Å². The zero-order chi connectivity index (χ0) is 20.9. The average Bonchev–Trinajstić information content (AvgIpc) is 2.66. The van der Waals surface area contributed by atoms with E-state index in [9.17, 15) is 13.2 Å². The standard InChI is InChI=1S/C20H26N2O5S/c1-14-12-16(28(24,25)22(3)4)10-11-18(14)27-13-20(23)21-15(2)17-8-6-7-9-19(17)26-5/h6-12,15H,13H2,1-5H3,(H,21,23)/t15-/m0/s1. The third kappa shape index (κ3) is 5.02. The van der Waals surface area contributed by atoms with Crippen molar-refractivity contribution in [1.82, 2.24) is 9.62 Å². The quantitative estimate of drug-likeness (QED) is 0.728. The van der Waals surface area contributed by atoms with Crippen molar-refractivity contribution in [2.45, 2.75) is 24.8 Å². The maximum atomic E-state index is 12.2. The van der Waals surface area contributed by atoms with Crippen LogP contribution in [0.15, 0.2) is 47.4 Å². The fraction of sp³-hybridized carbons (Fsp3) is 0.350. The predicted molar refractivity (Wildman–Crippen MR) is 107 cm³/mol. The predicted octanol–water partition coefficient (Wildman–Crippen LogP) is 2.51. The lowest BCUT2D eigenvalue weighted by Crippen LogP contribution is -2.31. The number of benzene rings is 2. The van der Waals surface area contributed by atoms with Crippen molar-refractivity contribution < 1.29 is 22.7 Å². The van der Waals surface area contributed by atoms with Crippen molar-refractivity contribution in [2.75, 3.05) is 27.8 Å². The molecule has 28 heavy (non-hydrogen) atoms. The molecule has 7 nitrogen and oxygen atoms in total. The van der Waals surface area contributed by atoms with Gasteiger partial charge in [-0.3, -0.25) is 4.79 Å². The van der Waals surface area contributed by atoms with Crippen LogP contribution in [-0.2, 0) is 14.8 Å². The van der Waals surface area contributed by atoms with Gasteiger partial charge in [0.1, 0.15) is 11.5 Å². The largest absolute Gasteiger partial charge is 0.496 e.